The Labute approximate surface area is 267 Å². The van der Waals surface area contributed by atoms with Gasteiger partial charge in [0.1, 0.15) is 15.4 Å². The van der Waals surface area contributed by atoms with E-state index in [-0.39, 0.29) is 0 Å². The van der Waals surface area contributed by atoms with Gasteiger partial charge in [-0.3, -0.25) is 0 Å². The van der Waals surface area contributed by atoms with Crippen molar-refractivity contribution in [2.24, 2.45) is 0 Å². The van der Waals surface area contributed by atoms with Crippen molar-refractivity contribution in [3.8, 4) is 43.1 Å². The van der Waals surface area contributed by atoms with Crippen molar-refractivity contribution in [1.82, 2.24) is 19.9 Å². The van der Waals surface area contributed by atoms with Crippen LogP contribution in [0, 0.1) is 0 Å². The number of unbranched alkanes of at least 4 members (excludes halogenated alkanes) is 6. The van der Waals surface area contributed by atoms with Crippen LogP contribution in [-0.4, -0.2) is 19.9 Å². The molecule has 220 valence electrons. The number of nitrogens with zero attached hydrogens (tertiary/aromatic N) is 4. The Morgan fingerprint density at radius 3 is 1.91 bits per heavy atom. The summed E-state index contributed by atoms with van der Waals surface area (Å²) in [5.74, 6) is 0.754. The highest BCUT2D eigenvalue weighted by Crippen LogP contribution is 2.36. The van der Waals surface area contributed by atoms with Crippen LogP contribution >= 0.6 is 34.0 Å². The van der Waals surface area contributed by atoms with Crippen LogP contribution in [0.2, 0.25) is 0 Å². The molecule has 7 heteroatoms. The molecule has 6 rings (SSSR count). The van der Waals surface area contributed by atoms with Gasteiger partial charge in [-0.15, -0.1) is 22.7 Å². The number of hydrogen-bond donors (Lipinski definition) is 0. The molecule has 0 aliphatic heterocycles. The van der Waals surface area contributed by atoms with Crippen LogP contribution in [0.15, 0.2) is 71.6 Å². The molecular formula is C36H38N4S3. The Balaban J connectivity index is 1.34. The van der Waals surface area contributed by atoms with Gasteiger partial charge in [-0.25, -0.2) is 19.9 Å². The van der Waals surface area contributed by atoms with Gasteiger partial charge in [0.05, 0.1) is 21.1 Å². The summed E-state index contributed by atoms with van der Waals surface area (Å²) in [5, 5.41) is 5.58. The Morgan fingerprint density at radius 2 is 1.28 bits per heavy atom. The molecule has 1 aromatic carbocycles. The highest BCUT2D eigenvalue weighted by molar-refractivity contribution is 7.21. The molecule has 0 N–H and O–H groups in total. The summed E-state index contributed by atoms with van der Waals surface area (Å²) < 4.78 is 0. The van der Waals surface area contributed by atoms with E-state index in [0.717, 1.165) is 56.5 Å². The minimum atomic E-state index is 0.754. The zero-order valence-corrected chi connectivity index (χ0v) is 27.5. The normalized spacial score (nSPS) is 11.5. The number of thiophene rings is 2. The van der Waals surface area contributed by atoms with E-state index >= 15 is 0 Å². The third-order valence-electron chi connectivity index (χ3n) is 7.71. The fraction of sp³-hybridized carbons (Fsp3) is 0.333. The van der Waals surface area contributed by atoms with E-state index in [4.69, 9.17) is 15.0 Å². The topological polar surface area (TPSA) is 51.6 Å². The molecule has 43 heavy (non-hydrogen) atoms. The van der Waals surface area contributed by atoms with Crippen molar-refractivity contribution in [1.29, 1.82) is 0 Å². The van der Waals surface area contributed by atoms with Crippen molar-refractivity contribution < 1.29 is 0 Å². The molecule has 0 bridgehead atoms. The Kier molecular flexibility index (Phi) is 10.0. The zero-order valence-electron chi connectivity index (χ0n) is 25.0. The lowest BCUT2D eigenvalue weighted by Gasteiger charge is -2.08. The van der Waals surface area contributed by atoms with Crippen LogP contribution in [-0.2, 0) is 12.8 Å². The number of fused-ring (bicyclic) bond motifs is 1. The second kappa shape index (κ2) is 14.5. The first-order chi connectivity index (χ1) is 21.2. The van der Waals surface area contributed by atoms with Gasteiger partial charge in [-0.2, -0.15) is 0 Å². The van der Waals surface area contributed by atoms with Crippen molar-refractivity contribution in [3.63, 3.8) is 0 Å². The summed E-state index contributed by atoms with van der Waals surface area (Å²) in [6, 6.07) is 19.3. The number of pyridine rings is 1. The highest BCUT2D eigenvalue weighted by Gasteiger charge is 2.15. The van der Waals surface area contributed by atoms with E-state index < -0.39 is 0 Å². The second-order valence-electron chi connectivity index (χ2n) is 11.1. The van der Waals surface area contributed by atoms with Gasteiger partial charge < -0.3 is 0 Å². The molecule has 0 aliphatic rings. The average molecular weight is 623 g/mol. The maximum absolute atomic E-state index is 5.15. The minimum absolute atomic E-state index is 0.754. The number of aromatic nitrogens is 4. The van der Waals surface area contributed by atoms with E-state index in [1.54, 1.807) is 34.0 Å². The second-order valence-corrected chi connectivity index (χ2v) is 13.9. The van der Waals surface area contributed by atoms with E-state index in [0.29, 0.717) is 0 Å². The van der Waals surface area contributed by atoms with Crippen molar-refractivity contribution in [2.45, 2.75) is 78.1 Å². The standard InChI is InChI=1S/C36H38N4S3/c1-3-5-7-9-13-25-19-32(41-23-25)30-22-31(33-20-26(24-42-33)14-10-8-6-4-2)39-34(38-30)27-15-11-16-28(21-27)35-40-29-17-12-18-37-36(29)43-35/h11-12,15-24H,3-10,13-14H2,1-2H3. The number of hydrogen-bond acceptors (Lipinski definition) is 7. The summed E-state index contributed by atoms with van der Waals surface area (Å²) in [6.45, 7) is 4.53. The summed E-state index contributed by atoms with van der Waals surface area (Å²) >= 11 is 5.21. The largest absolute Gasteiger partial charge is 0.244 e. The molecule has 0 radical (unpaired) electrons. The van der Waals surface area contributed by atoms with Gasteiger partial charge in [0.15, 0.2) is 5.82 Å². The molecule has 0 saturated heterocycles. The maximum Gasteiger partial charge on any atom is 0.160 e. The smallest absolute Gasteiger partial charge is 0.160 e. The van der Waals surface area contributed by atoms with Crippen molar-refractivity contribution in [3.05, 3.63) is 82.7 Å². The van der Waals surface area contributed by atoms with Crippen LogP contribution < -0.4 is 0 Å². The molecule has 5 aromatic heterocycles. The lowest BCUT2D eigenvalue weighted by Crippen LogP contribution is -1.95. The molecule has 0 spiro atoms. The van der Waals surface area contributed by atoms with E-state index in [1.807, 2.05) is 18.3 Å². The zero-order chi connectivity index (χ0) is 29.4. The van der Waals surface area contributed by atoms with Gasteiger partial charge in [0, 0.05) is 17.3 Å². The van der Waals surface area contributed by atoms with Crippen LogP contribution in [0.25, 0.3) is 53.4 Å². The van der Waals surface area contributed by atoms with Gasteiger partial charge in [0.25, 0.3) is 0 Å². The molecule has 0 amide bonds. The first-order valence-electron chi connectivity index (χ1n) is 15.6. The highest BCUT2D eigenvalue weighted by atomic mass is 32.1. The monoisotopic (exact) mass is 622 g/mol. The Morgan fingerprint density at radius 1 is 0.628 bits per heavy atom. The molecule has 4 nitrogen and oxygen atoms in total. The molecule has 5 heterocycles. The third kappa shape index (κ3) is 7.46. The quantitative estimate of drug-likeness (QED) is 0.113. The lowest BCUT2D eigenvalue weighted by molar-refractivity contribution is 0.667. The SMILES string of the molecule is CCCCCCc1csc(-c2cc(-c3cc(CCCCCC)cs3)nc(-c3cccc(-c4nc5cccnc5s4)c3)n2)c1. The van der Waals surface area contributed by atoms with Gasteiger partial charge >= 0.3 is 0 Å². The van der Waals surface area contributed by atoms with Gasteiger partial charge in [-0.05, 0) is 84.0 Å². The fourth-order valence-corrected chi connectivity index (χ4v) is 8.03. The van der Waals surface area contributed by atoms with Crippen LogP contribution in [0.4, 0.5) is 0 Å². The Bertz CT molecular complexity index is 1680. The molecule has 0 unspecified atom stereocenters. The van der Waals surface area contributed by atoms with E-state index in [1.165, 1.54) is 72.2 Å². The molecule has 6 aromatic rings. The fourth-order valence-electron chi connectivity index (χ4n) is 5.31. The molecule has 0 saturated carbocycles. The summed E-state index contributed by atoms with van der Waals surface area (Å²) in [7, 11) is 0. The molecule has 0 fully saturated rings. The molecular weight excluding hydrogens is 585 g/mol. The van der Waals surface area contributed by atoms with Crippen LogP contribution in [0.5, 0.6) is 0 Å². The predicted molar refractivity (Wildman–Crippen MR) is 186 cm³/mol. The first-order valence-corrected chi connectivity index (χ1v) is 18.1. The number of aryl methyl sites for hydroxylation is 2. The lowest BCUT2D eigenvalue weighted by atomic mass is 10.1. The van der Waals surface area contributed by atoms with Crippen molar-refractivity contribution >= 4 is 44.4 Å². The predicted octanol–water partition coefficient (Wildman–Crippen LogP) is 11.5. The first kappa shape index (κ1) is 29.8. The summed E-state index contributed by atoms with van der Waals surface area (Å²) in [4.78, 5) is 23.0. The van der Waals surface area contributed by atoms with Crippen molar-refractivity contribution in [2.75, 3.05) is 0 Å². The Hall–Kier alpha value is -3.26. The van der Waals surface area contributed by atoms with Gasteiger partial charge in [-0.1, -0.05) is 81.9 Å². The van der Waals surface area contributed by atoms with E-state index in [9.17, 15) is 0 Å². The van der Waals surface area contributed by atoms with Gasteiger partial charge in [0.2, 0.25) is 0 Å². The summed E-state index contributed by atoms with van der Waals surface area (Å²) in [6.07, 6.45) is 14.3. The summed E-state index contributed by atoms with van der Waals surface area (Å²) in [5.41, 5.74) is 7.81. The van der Waals surface area contributed by atoms with Crippen LogP contribution in [0.3, 0.4) is 0 Å². The minimum Gasteiger partial charge on any atom is -0.244 e. The third-order valence-corrected chi connectivity index (χ3v) is 10.7. The number of benzene rings is 1. The maximum atomic E-state index is 5.15. The number of rotatable bonds is 14. The average Bonchev–Trinajstić information content (AvgIpc) is 3.81. The van der Waals surface area contributed by atoms with E-state index in [2.05, 4.69) is 72.1 Å². The molecule has 0 aliphatic carbocycles. The molecule has 0 atom stereocenters. The number of thiazole rings is 1. The van der Waals surface area contributed by atoms with Crippen LogP contribution in [0.1, 0.15) is 76.3 Å².